The van der Waals surface area contributed by atoms with Crippen LogP contribution in [0.2, 0.25) is 0 Å². The average Bonchev–Trinajstić information content (AvgIpc) is 2.50. The molecule has 16 heavy (non-hydrogen) atoms. The summed E-state index contributed by atoms with van der Waals surface area (Å²) < 4.78 is 31.7. The SMILES string of the molecule is CN1CCCC1C(=O)O.O=C(O)C(F)(F)F. The van der Waals surface area contributed by atoms with Crippen LogP contribution in [0.25, 0.3) is 0 Å². The molecule has 0 saturated carbocycles. The second kappa shape index (κ2) is 5.69. The number of hydrogen-bond donors (Lipinski definition) is 2. The molecule has 0 amide bonds. The largest absolute Gasteiger partial charge is 0.490 e. The Kier molecular flexibility index (Phi) is 5.22. The van der Waals surface area contributed by atoms with E-state index in [9.17, 15) is 18.0 Å². The van der Waals surface area contributed by atoms with Crippen molar-refractivity contribution in [3.63, 3.8) is 0 Å². The van der Waals surface area contributed by atoms with Crippen LogP contribution in [0.1, 0.15) is 12.8 Å². The summed E-state index contributed by atoms with van der Waals surface area (Å²) in [5, 5.41) is 15.7. The minimum absolute atomic E-state index is 0.218. The second-order valence-electron chi connectivity index (χ2n) is 3.28. The number of hydrogen-bond acceptors (Lipinski definition) is 3. The first-order valence-electron chi connectivity index (χ1n) is 4.39. The number of halogens is 3. The van der Waals surface area contributed by atoms with Gasteiger partial charge in [0, 0.05) is 0 Å². The molecule has 1 heterocycles. The molecule has 1 aliphatic rings. The maximum Gasteiger partial charge on any atom is 0.490 e. The lowest BCUT2D eigenvalue weighted by Gasteiger charge is -2.13. The van der Waals surface area contributed by atoms with E-state index in [1.165, 1.54) is 0 Å². The molecule has 0 bridgehead atoms. The van der Waals surface area contributed by atoms with Crippen LogP contribution in [0.5, 0.6) is 0 Å². The van der Waals surface area contributed by atoms with Gasteiger partial charge >= 0.3 is 18.1 Å². The molecule has 5 nitrogen and oxygen atoms in total. The van der Waals surface area contributed by atoms with Gasteiger partial charge in [0.25, 0.3) is 0 Å². The van der Waals surface area contributed by atoms with Crippen molar-refractivity contribution in [2.45, 2.75) is 25.1 Å². The molecule has 2 N–H and O–H groups in total. The van der Waals surface area contributed by atoms with Crippen LogP contribution in [-0.4, -0.2) is 52.9 Å². The lowest BCUT2D eigenvalue weighted by Crippen LogP contribution is -2.32. The molecule has 1 rings (SSSR count). The highest BCUT2D eigenvalue weighted by atomic mass is 19.4. The zero-order valence-corrected chi connectivity index (χ0v) is 8.49. The van der Waals surface area contributed by atoms with Crippen LogP contribution >= 0.6 is 0 Å². The van der Waals surface area contributed by atoms with E-state index in [0.717, 1.165) is 19.4 Å². The fourth-order valence-electron chi connectivity index (χ4n) is 1.22. The predicted octanol–water partition coefficient (Wildman–Crippen LogP) is 0.798. The number of carbonyl (C=O) groups is 2. The zero-order valence-electron chi connectivity index (χ0n) is 8.49. The molecule has 1 atom stereocenters. The monoisotopic (exact) mass is 243 g/mol. The fraction of sp³-hybridized carbons (Fsp3) is 0.750. The highest BCUT2D eigenvalue weighted by molar-refractivity contribution is 5.73. The lowest BCUT2D eigenvalue weighted by atomic mass is 10.2. The third kappa shape index (κ3) is 4.96. The van der Waals surface area contributed by atoms with Gasteiger partial charge in [0.2, 0.25) is 0 Å². The Balaban J connectivity index is 0.000000293. The van der Waals surface area contributed by atoms with E-state index in [-0.39, 0.29) is 6.04 Å². The van der Waals surface area contributed by atoms with Crippen LogP contribution in [-0.2, 0) is 9.59 Å². The van der Waals surface area contributed by atoms with Crippen LogP contribution < -0.4 is 0 Å². The average molecular weight is 243 g/mol. The maximum atomic E-state index is 10.6. The van der Waals surface area contributed by atoms with Gasteiger partial charge in [-0.2, -0.15) is 13.2 Å². The number of likely N-dealkylation sites (tertiary alicyclic amines) is 1. The van der Waals surface area contributed by atoms with Gasteiger partial charge < -0.3 is 10.2 Å². The second-order valence-corrected chi connectivity index (χ2v) is 3.28. The van der Waals surface area contributed by atoms with E-state index in [0.29, 0.717) is 0 Å². The third-order valence-electron chi connectivity index (χ3n) is 2.05. The zero-order chi connectivity index (χ0) is 12.9. The van der Waals surface area contributed by atoms with E-state index < -0.39 is 18.1 Å². The Morgan fingerprint density at radius 1 is 1.31 bits per heavy atom. The summed E-state index contributed by atoms with van der Waals surface area (Å²) in [6.45, 7) is 0.928. The third-order valence-corrected chi connectivity index (χ3v) is 2.05. The smallest absolute Gasteiger partial charge is 0.480 e. The number of carboxylic acid groups (broad SMARTS) is 2. The van der Waals surface area contributed by atoms with Crippen molar-refractivity contribution in [2.75, 3.05) is 13.6 Å². The molecule has 1 aliphatic heterocycles. The molecule has 0 aliphatic carbocycles. The lowest BCUT2D eigenvalue weighted by molar-refractivity contribution is -0.192. The van der Waals surface area contributed by atoms with Gasteiger partial charge in [-0.15, -0.1) is 0 Å². The molecule has 94 valence electrons. The standard InChI is InChI=1S/C6H11NO2.C2HF3O2/c1-7-4-2-3-5(7)6(8)9;3-2(4,5)1(6)7/h5H,2-4H2,1H3,(H,8,9);(H,6,7). The molecule has 1 saturated heterocycles. The molecule has 1 fully saturated rings. The van der Waals surface area contributed by atoms with Gasteiger partial charge in [-0.05, 0) is 26.4 Å². The van der Waals surface area contributed by atoms with Crippen LogP contribution in [0.15, 0.2) is 0 Å². The van der Waals surface area contributed by atoms with Crippen molar-refractivity contribution >= 4 is 11.9 Å². The minimum atomic E-state index is -5.08. The maximum absolute atomic E-state index is 10.6. The molecule has 1 unspecified atom stereocenters. The quantitative estimate of drug-likeness (QED) is 0.712. The first-order valence-corrected chi connectivity index (χ1v) is 4.39. The van der Waals surface area contributed by atoms with E-state index in [1.807, 2.05) is 11.9 Å². The first kappa shape index (κ1) is 14.7. The highest BCUT2D eigenvalue weighted by Gasteiger charge is 2.38. The Morgan fingerprint density at radius 3 is 1.88 bits per heavy atom. The summed E-state index contributed by atoms with van der Waals surface area (Å²) in [7, 11) is 1.85. The van der Waals surface area contributed by atoms with Gasteiger partial charge in [-0.25, -0.2) is 4.79 Å². The Bertz CT molecular complexity index is 266. The molecule has 0 radical (unpaired) electrons. The summed E-state index contributed by atoms with van der Waals surface area (Å²) in [6, 6.07) is -0.218. The Labute approximate surface area is 89.5 Å². The van der Waals surface area contributed by atoms with Crippen molar-refractivity contribution in [3.05, 3.63) is 0 Å². The highest BCUT2D eigenvalue weighted by Crippen LogP contribution is 2.14. The number of likely N-dealkylation sites (N-methyl/N-ethyl adjacent to an activating group) is 1. The molecule has 0 aromatic carbocycles. The molecular formula is C8H12F3NO4. The van der Waals surface area contributed by atoms with E-state index in [1.54, 1.807) is 0 Å². The number of rotatable bonds is 1. The summed E-state index contributed by atoms with van der Waals surface area (Å²) in [5.74, 6) is -3.44. The molecule has 0 aromatic heterocycles. The number of aliphatic carboxylic acids is 2. The van der Waals surface area contributed by atoms with Crippen molar-refractivity contribution in [2.24, 2.45) is 0 Å². The van der Waals surface area contributed by atoms with Crippen molar-refractivity contribution in [1.29, 1.82) is 0 Å². The van der Waals surface area contributed by atoms with Gasteiger partial charge in [0.15, 0.2) is 0 Å². The molecule has 8 heteroatoms. The number of nitrogens with zero attached hydrogens (tertiary/aromatic N) is 1. The van der Waals surface area contributed by atoms with Gasteiger partial charge in [0.05, 0.1) is 0 Å². The molecule has 0 aromatic rings. The topological polar surface area (TPSA) is 77.8 Å². The Hall–Kier alpha value is -1.31. The van der Waals surface area contributed by atoms with Crippen molar-refractivity contribution in [1.82, 2.24) is 4.90 Å². The van der Waals surface area contributed by atoms with Gasteiger partial charge in [-0.3, -0.25) is 9.69 Å². The van der Waals surface area contributed by atoms with Crippen LogP contribution in [0, 0.1) is 0 Å². The minimum Gasteiger partial charge on any atom is -0.480 e. The Morgan fingerprint density at radius 2 is 1.75 bits per heavy atom. The van der Waals surface area contributed by atoms with Gasteiger partial charge in [0.1, 0.15) is 6.04 Å². The van der Waals surface area contributed by atoms with E-state index >= 15 is 0 Å². The number of carboxylic acids is 2. The van der Waals surface area contributed by atoms with E-state index in [4.69, 9.17) is 15.0 Å². The van der Waals surface area contributed by atoms with Crippen molar-refractivity contribution in [3.8, 4) is 0 Å². The van der Waals surface area contributed by atoms with Crippen LogP contribution in [0.4, 0.5) is 13.2 Å². The molecule has 0 spiro atoms. The summed E-state index contributed by atoms with van der Waals surface area (Å²) in [6.07, 6.45) is -3.25. The van der Waals surface area contributed by atoms with Crippen LogP contribution in [0.3, 0.4) is 0 Å². The number of alkyl halides is 3. The van der Waals surface area contributed by atoms with Gasteiger partial charge in [-0.1, -0.05) is 0 Å². The fourth-order valence-corrected chi connectivity index (χ4v) is 1.22. The van der Waals surface area contributed by atoms with Crippen molar-refractivity contribution < 1.29 is 33.0 Å². The summed E-state index contributed by atoms with van der Waals surface area (Å²) >= 11 is 0. The summed E-state index contributed by atoms with van der Waals surface area (Å²) in [4.78, 5) is 21.1. The normalized spacial score (nSPS) is 21.1. The first-order chi connectivity index (χ1) is 7.16. The summed E-state index contributed by atoms with van der Waals surface area (Å²) in [5.41, 5.74) is 0. The predicted molar refractivity (Wildman–Crippen MR) is 47.0 cm³/mol. The van der Waals surface area contributed by atoms with E-state index in [2.05, 4.69) is 0 Å². The molecular weight excluding hydrogens is 231 g/mol.